The Hall–Kier alpha value is -1.35. The molecular formula is C11H10F3NOS. The third kappa shape index (κ3) is 4.57. The van der Waals surface area contributed by atoms with Gasteiger partial charge in [-0.2, -0.15) is 18.4 Å². The lowest BCUT2D eigenvalue weighted by atomic mass is 10.2. The first-order chi connectivity index (χ1) is 7.94. The number of rotatable bonds is 4. The highest BCUT2D eigenvalue weighted by atomic mass is 32.2. The molecule has 1 aromatic carbocycles. The van der Waals surface area contributed by atoms with Crippen LogP contribution >= 0.6 is 11.8 Å². The number of nitrogens with zero attached hydrogens (tertiary/aromatic N) is 1. The Morgan fingerprint density at radius 2 is 2.06 bits per heavy atom. The minimum atomic E-state index is -4.16. The number of aromatic hydroxyl groups is 1. The SMILES string of the molecule is N#Cc1cccc(O)c1SCCCC(F)(F)F. The molecule has 1 aromatic rings. The summed E-state index contributed by atoms with van der Waals surface area (Å²) in [5.74, 6) is 0.146. The van der Waals surface area contributed by atoms with Gasteiger partial charge >= 0.3 is 6.18 Å². The number of hydrogen-bond acceptors (Lipinski definition) is 3. The van der Waals surface area contributed by atoms with Gasteiger partial charge in [0.25, 0.3) is 0 Å². The summed E-state index contributed by atoms with van der Waals surface area (Å²) in [5, 5.41) is 18.3. The Bertz CT molecular complexity index is 426. The summed E-state index contributed by atoms with van der Waals surface area (Å²) >= 11 is 1.07. The zero-order chi connectivity index (χ0) is 12.9. The van der Waals surface area contributed by atoms with Gasteiger partial charge in [-0.25, -0.2) is 0 Å². The van der Waals surface area contributed by atoms with E-state index in [0.29, 0.717) is 4.90 Å². The third-order valence-electron chi connectivity index (χ3n) is 1.97. The van der Waals surface area contributed by atoms with Crippen molar-refractivity contribution in [2.24, 2.45) is 0 Å². The number of benzene rings is 1. The minimum absolute atomic E-state index is 0.0344. The van der Waals surface area contributed by atoms with Crippen molar-refractivity contribution in [2.45, 2.75) is 23.9 Å². The van der Waals surface area contributed by atoms with E-state index in [9.17, 15) is 18.3 Å². The fourth-order valence-corrected chi connectivity index (χ4v) is 2.19. The number of alkyl halides is 3. The predicted octanol–water partition coefficient (Wildman–Crippen LogP) is 3.70. The Morgan fingerprint density at radius 3 is 2.65 bits per heavy atom. The van der Waals surface area contributed by atoms with Gasteiger partial charge in [-0.1, -0.05) is 6.07 Å². The smallest absolute Gasteiger partial charge is 0.389 e. The van der Waals surface area contributed by atoms with Gasteiger partial charge < -0.3 is 5.11 Å². The monoisotopic (exact) mass is 261 g/mol. The van der Waals surface area contributed by atoms with E-state index in [4.69, 9.17) is 5.26 Å². The lowest BCUT2D eigenvalue weighted by Gasteiger charge is -2.07. The molecule has 6 heteroatoms. The van der Waals surface area contributed by atoms with Crippen molar-refractivity contribution in [2.75, 3.05) is 5.75 Å². The van der Waals surface area contributed by atoms with Crippen LogP contribution in [0.2, 0.25) is 0 Å². The van der Waals surface area contributed by atoms with E-state index >= 15 is 0 Å². The number of halogens is 3. The number of nitriles is 1. The molecule has 0 saturated heterocycles. The van der Waals surface area contributed by atoms with Crippen LogP contribution in [0.15, 0.2) is 23.1 Å². The van der Waals surface area contributed by atoms with Crippen LogP contribution in [-0.4, -0.2) is 17.0 Å². The van der Waals surface area contributed by atoms with Gasteiger partial charge in [-0.05, 0) is 24.3 Å². The highest BCUT2D eigenvalue weighted by Crippen LogP contribution is 2.33. The summed E-state index contributed by atoms with van der Waals surface area (Å²) in [4.78, 5) is 0.345. The third-order valence-corrected chi connectivity index (χ3v) is 3.18. The second-order valence-corrected chi connectivity index (χ2v) is 4.44. The van der Waals surface area contributed by atoms with E-state index in [0.717, 1.165) is 11.8 Å². The maximum atomic E-state index is 11.9. The average Bonchev–Trinajstić information content (AvgIpc) is 2.24. The molecule has 0 aliphatic carbocycles. The first-order valence-electron chi connectivity index (χ1n) is 4.85. The normalized spacial score (nSPS) is 11.2. The fourth-order valence-electron chi connectivity index (χ4n) is 1.21. The highest BCUT2D eigenvalue weighted by Gasteiger charge is 2.26. The van der Waals surface area contributed by atoms with Crippen LogP contribution in [0, 0.1) is 11.3 Å². The van der Waals surface area contributed by atoms with Crippen molar-refractivity contribution in [3.63, 3.8) is 0 Å². The number of thioether (sulfide) groups is 1. The zero-order valence-corrected chi connectivity index (χ0v) is 9.61. The van der Waals surface area contributed by atoms with Crippen molar-refractivity contribution in [1.29, 1.82) is 5.26 Å². The average molecular weight is 261 g/mol. The molecule has 0 fully saturated rings. The Kier molecular flexibility index (Phi) is 4.70. The van der Waals surface area contributed by atoms with Gasteiger partial charge in [-0.3, -0.25) is 0 Å². The number of phenols is 1. The van der Waals surface area contributed by atoms with Gasteiger partial charge in [0.05, 0.1) is 10.5 Å². The van der Waals surface area contributed by atoms with E-state index in [2.05, 4.69) is 0 Å². The van der Waals surface area contributed by atoms with Crippen LogP contribution in [0.3, 0.4) is 0 Å². The maximum Gasteiger partial charge on any atom is 0.389 e. The predicted molar refractivity (Wildman–Crippen MR) is 58.8 cm³/mol. The van der Waals surface area contributed by atoms with E-state index < -0.39 is 12.6 Å². The zero-order valence-electron chi connectivity index (χ0n) is 8.79. The number of phenolic OH excluding ortho intramolecular Hbond substituents is 1. The molecular weight excluding hydrogens is 251 g/mol. The molecule has 0 unspecified atom stereocenters. The van der Waals surface area contributed by atoms with Crippen molar-refractivity contribution >= 4 is 11.8 Å². The lowest BCUT2D eigenvalue weighted by molar-refractivity contribution is -0.134. The Balaban J connectivity index is 2.55. The molecule has 1 N–H and O–H groups in total. The summed E-state index contributed by atoms with van der Waals surface area (Å²) in [6.45, 7) is 0. The molecule has 0 aliphatic heterocycles. The number of hydrogen-bond donors (Lipinski definition) is 1. The van der Waals surface area contributed by atoms with Crippen molar-refractivity contribution in [1.82, 2.24) is 0 Å². The molecule has 1 rings (SSSR count). The van der Waals surface area contributed by atoms with Gasteiger partial charge in [0, 0.05) is 6.42 Å². The molecule has 0 spiro atoms. The molecule has 0 aliphatic rings. The molecule has 2 nitrogen and oxygen atoms in total. The molecule has 0 amide bonds. The standard InChI is InChI=1S/C11H10F3NOS/c12-11(13,14)5-2-6-17-10-8(7-15)3-1-4-9(10)16/h1,3-4,16H,2,5-6H2. The molecule has 0 atom stereocenters. The van der Waals surface area contributed by atoms with Crippen LogP contribution in [0.4, 0.5) is 13.2 Å². The fraction of sp³-hybridized carbons (Fsp3) is 0.364. The summed E-state index contributed by atoms with van der Waals surface area (Å²) < 4.78 is 35.7. The van der Waals surface area contributed by atoms with E-state index in [1.54, 1.807) is 0 Å². The van der Waals surface area contributed by atoms with Gasteiger partial charge in [0.2, 0.25) is 0 Å². The van der Waals surface area contributed by atoms with Crippen LogP contribution < -0.4 is 0 Å². The minimum Gasteiger partial charge on any atom is -0.507 e. The molecule has 0 aromatic heterocycles. The molecule has 92 valence electrons. The van der Waals surface area contributed by atoms with Crippen molar-refractivity contribution in [3.8, 4) is 11.8 Å². The summed E-state index contributed by atoms with van der Waals surface area (Å²) in [5.41, 5.74) is 0.280. The second kappa shape index (κ2) is 5.82. The van der Waals surface area contributed by atoms with Gasteiger partial charge in [0.15, 0.2) is 0 Å². The highest BCUT2D eigenvalue weighted by molar-refractivity contribution is 7.99. The second-order valence-electron chi connectivity index (χ2n) is 3.33. The molecule has 0 bridgehead atoms. The largest absolute Gasteiger partial charge is 0.507 e. The summed E-state index contributed by atoms with van der Waals surface area (Å²) in [6, 6.07) is 6.34. The van der Waals surface area contributed by atoms with Crippen LogP contribution in [0.25, 0.3) is 0 Å². The summed E-state index contributed by atoms with van der Waals surface area (Å²) in [7, 11) is 0. The van der Waals surface area contributed by atoms with E-state index in [1.807, 2.05) is 6.07 Å². The van der Waals surface area contributed by atoms with Crippen molar-refractivity contribution in [3.05, 3.63) is 23.8 Å². The van der Waals surface area contributed by atoms with Crippen molar-refractivity contribution < 1.29 is 18.3 Å². The molecule has 0 heterocycles. The van der Waals surface area contributed by atoms with Gasteiger partial charge in [0.1, 0.15) is 11.8 Å². The van der Waals surface area contributed by atoms with Crippen LogP contribution in [0.5, 0.6) is 5.75 Å². The molecule has 0 radical (unpaired) electrons. The first-order valence-corrected chi connectivity index (χ1v) is 5.84. The molecule has 17 heavy (non-hydrogen) atoms. The van der Waals surface area contributed by atoms with E-state index in [1.165, 1.54) is 18.2 Å². The quantitative estimate of drug-likeness (QED) is 0.664. The lowest BCUT2D eigenvalue weighted by Crippen LogP contribution is -2.06. The van der Waals surface area contributed by atoms with E-state index in [-0.39, 0.29) is 23.5 Å². The van der Waals surface area contributed by atoms with Crippen LogP contribution in [0.1, 0.15) is 18.4 Å². The van der Waals surface area contributed by atoms with Crippen LogP contribution in [-0.2, 0) is 0 Å². The maximum absolute atomic E-state index is 11.9. The molecule has 0 saturated carbocycles. The summed E-state index contributed by atoms with van der Waals surface area (Å²) in [6.07, 6.45) is -5.04. The topological polar surface area (TPSA) is 44.0 Å². The Labute approximate surface area is 101 Å². The first kappa shape index (κ1) is 13.7. The van der Waals surface area contributed by atoms with Gasteiger partial charge in [-0.15, -0.1) is 11.8 Å². The Morgan fingerprint density at radius 1 is 1.35 bits per heavy atom.